The van der Waals surface area contributed by atoms with Crippen LogP contribution < -0.4 is 4.74 Å². The molecule has 0 bridgehead atoms. The number of hydrogen-bond acceptors (Lipinski definition) is 3. The molecule has 1 aliphatic rings. The minimum atomic E-state index is -4.23. The van der Waals surface area contributed by atoms with Gasteiger partial charge in [0.25, 0.3) is 0 Å². The van der Waals surface area contributed by atoms with E-state index in [1.54, 1.807) is 31.4 Å². The second kappa shape index (κ2) is 4.88. The highest BCUT2D eigenvalue weighted by molar-refractivity contribution is 6.01. The van der Waals surface area contributed by atoms with Gasteiger partial charge in [-0.15, -0.1) is 0 Å². The van der Waals surface area contributed by atoms with Crippen molar-refractivity contribution >= 4 is 5.71 Å². The number of ether oxygens (including phenoxy) is 1. The van der Waals surface area contributed by atoms with E-state index in [1.165, 1.54) is 0 Å². The standard InChI is InChI=1S/C12H12F3NO2/c1-17-9-4-2-8(3-5-9)11-6-10(18-16-11)7-12(13,14)15/h2-5,10H,6-7H2,1H3. The van der Waals surface area contributed by atoms with Crippen molar-refractivity contribution in [1.29, 1.82) is 0 Å². The van der Waals surface area contributed by atoms with Crippen molar-refractivity contribution in [2.45, 2.75) is 25.1 Å². The summed E-state index contributed by atoms with van der Waals surface area (Å²) >= 11 is 0. The maximum absolute atomic E-state index is 12.2. The molecule has 0 saturated carbocycles. The molecule has 0 radical (unpaired) electrons. The Bertz CT molecular complexity index is 440. The molecule has 3 nitrogen and oxygen atoms in total. The molecule has 1 aliphatic heterocycles. The first-order chi connectivity index (χ1) is 8.48. The van der Waals surface area contributed by atoms with Gasteiger partial charge in [-0.3, -0.25) is 0 Å². The van der Waals surface area contributed by atoms with Crippen molar-refractivity contribution in [3.05, 3.63) is 29.8 Å². The molecule has 0 aromatic heterocycles. The van der Waals surface area contributed by atoms with Crippen LogP contribution in [0.4, 0.5) is 13.2 Å². The summed E-state index contributed by atoms with van der Waals surface area (Å²) < 4.78 is 41.6. The molecule has 0 amide bonds. The highest BCUT2D eigenvalue weighted by atomic mass is 19.4. The number of oxime groups is 1. The number of hydrogen-bond donors (Lipinski definition) is 0. The van der Waals surface area contributed by atoms with Crippen molar-refractivity contribution in [3.8, 4) is 5.75 Å². The molecule has 18 heavy (non-hydrogen) atoms. The van der Waals surface area contributed by atoms with E-state index < -0.39 is 18.7 Å². The van der Waals surface area contributed by atoms with Crippen molar-refractivity contribution in [2.75, 3.05) is 7.11 Å². The molecule has 1 atom stereocenters. The van der Waals surface area contributed by atoms with Crippen LogP contribution >= 0.6 is 0 Å². The van der Waals surface area contributed by atoms with E-state index >= 15 is 0 Å². The molecule has 2 rings (SSSR count). The Morgan fingerprint density at radius 3 is 2.56 bits per heavy atom. The molecule has 1 unspecified atom stereocenters. The van der Waals surface area contributed by atoms with E-state index in [4.69, 9.17) is 9.57 Å². The maximum Gasteiger partial charge on any atom is 0.392 e. The van der Waals surface area contributed by atoms with Crippen LogP contribution in [0.25, 0.3) is 0 Å². The van der Waals surface area contributed by atoms with E-state index in [2.05, 4.69) is 5.16 Å². The number of nitrogens with zero attached hydrogens (tertiary/aromatic N) is 1. The number of methoxy groups -OCH3 is 1. The van der Waals surface area contributed by atoms with Gasteiger partial charge in [-0.05, 0) is 29.8 Å². The zero-order valence-electron chi connectivity index (χ0n) is 9.70. The molecular formula is C12H12F3NO2. The van der Waals surface area contributed by atoms with E-state index in [9.17, 15) is 13.2 Å². The Labute approximate surface area is 102 Å². The Balaban J connectivity index is 1.99. The van der Waals surface area contributed by atoms with Gasteiger partial charge < -0.3 is 9.57 Å². The predicted octanol–water partition coefficient (Wildman–Crippen LogP) is 3.14. The molecule has 1 heterocycles. The monoisotopic (exact) mass is 259 g/mol. The van der Waals surface area contributed by atoms with Crippen LogP contribution in [0.3, 0.4) is 0 Å². The Kier molecular flexibility index (Phi) is 3.45. The maximum atomic E-state index is 12.2. The minimum absolute atomic E-state index is 0.172. The summed E-state index contributed by atoms with van der Waals surface area (Å²) in [5.41, 5.74) is 1.28. The van der Waals surface area contributed by atoms with Gasteiger partial charge in [-0.25, -0.2) is 0 Å². The summed E-state index contributed by atoms with van der Waals surface area (Å²) in [6.45, 7) is 0. The number of rotatable bonds is 3. The fourth-order valence-corrected chi connectivity index (χ4v) is 1.75. The zero-order chi connectivity index (χ0) is 13.2. The molecule has 0 spiro atoms. The molecule has 0 saturated heterocycles. The lowest BCUT2D eigenvalue weighted by atomic mass is 10.0. The van der Waals surface area contributed by atoms with Crippen molar-refractivity contribution < 1.29 is 22.7 Å². The third-order valence-electron chi connectivity index (χ3n) is 2.62. The Hall–Kier alpha value is -1.72. The van der Waals surface area contributed by atoms with Gasteiger partial charge >= 0.3 is 6.18 Å². The van der Waals surface area contributed by atoms with E-state index in [0.717, 1.165) is 5.56 Å². The highest BCUT2D eigenvalue weighted by Crippen LogP contribution is 2.28. The first-order valence-corrected chi connectivity index (χ1v) is 5.42. The summed E-state index contributed by atoms with van der Waals surface area (Å²) in [5.74, 6) is 0.685. The van der Waals surface area contributed by atoms with Crippen LogP contribution in [-0.4, -0.2) is 25.1 Å². The van der Waals surface area contributed by atoms with E-state index in [0.29, 0.717) is 11.5 Å². The summed E-state index contributed by atoms with van der Waals surface area (Å²) in [6.07, 6.45) is -5.94. The van der Waals surface area contributed by atoms with Crippen LogP contribution in [0.1, 0.15) is 18.4 Å². The van der Waals surface area contributed by atoms with Crippen LogP contribution in [0.15, 0.2) is 29.4 Å². The van der Waals surface area contributed by atoms with Crippen molar-refractivity contribution in [3.63, 3.8) is 0 Å². The fraction of sp³-hybridized carbons (Fsp3) is 0.417. The predicted molar refractivity (Wildman–Crippen MR) is 59.7 cm³/mol. The first-order valence-electron chi connectivity index (χ1n) is 5.42. The molecule has 0 N–H and O–H groups in total. The van der Waals surface area contributed by atoms with Gasteiger partial charge in [0.05, 0.1) is 19.2 Å². The summed E-state index contributed by atoms with van der Waals surface area (Å²) in [5, 5.41) is 3.70. The van der Waals surface area contributed by atoms with Crippen molar-refractivity contribution in [1.82, 2.24) is 0 Å². The lowest BCUT2D eigenvalue weighted by Crippen LogP contribution is -2.19. The first kappa shape index (κ1) is 12.7. The van der Waals surface area contributed by atoms with Crippen molar-refractivity contribution in [2.24, 2.45) is 5.16 Å². The van der Waals surface area contributed by atoms with Gasteiger partial charge in [0, 0.05) is 6.42 Å². The smallest absolute Gasteiger partial charge is 0.392 e. The van der Waals surface area contributed by atoms with Gasteiger partial charge in [0.2, 0.25) is 0 Å². The van der Waals surface area contributed by atoms with Crippen LogP contribution in [0, 0.1) is 0 Å². The summed E-state index contributed by atoms with van der Waals surface area (Å²) in [6, 6.07) is 6.96. The zero-order valence-corrected chi connectivity index (χ0v) is 9.70. The SMILES string of the molecule is COc1ccc(C2=NOC(CC(F)(F)F)C2)cc1. The van der Waals surface area contributed by atoms with E-state index in [1.807, 2.05) is 0 Å². The van der Waals surface area contributed by atoms with E-state index in [-0.39, 0.29) is 6.42 Å². The van der Waals surface area contributed by atoms with Gasteiger partial charge in [-0.1, -0.05) is 5.16 Å². The largest absolute Gasteiger partial charge is 0.497 e. The number of halogens is 3. The summed E-state index contributed by atoms with van der Waals surface area (Å²) in [7, 11) is 1.55. The number of alkyl halides is 3. The second-order valence-electron chi connectivity index (χ2n) is 4.02. The van der Waals surface area contributed by atoms with Gasteiger partial charge in [0.1, 0.15) is 11.9 Å². The lowest BCUT2D eigenvalue weighted by Gasteiger charge is -2.10. The normalized spacial score (nSPS) is 19.3. The third-order valence-corrected chi connectivity index (χ3v) is 2.62. The minimum Gasteiger partial charge on any atom is -0.497 e. The molecular weight excluding hydrogens is 247 g/mol. The Morgan fingerprint density at radius 2 is 2.00 bits per heavy atom. The van der Waals surface area contributed by atoms with Gasteiger partial charge in [-0.2, -0.15) is 13.2 Å². The van der Waals surface area contributed by atoms with Crippen LogP contribution in [-0.2, 0) is 4.84 Å². The summed E-state index contributed by atoms with van der Waals surface area (Å²) in [4.78, 5) is 4.79. The number of benzene rings is 1. The average Bonchev–Trinajstić information content (AvgIpc) is 2.75. The highest BCUT2D eigenvalue weighted by Gasteiger charge is 2.36. The molecule has 1 aromatic rings. The lowest BCUT2D eigenvalue weighted by molar-refractivity contribution is -0.157. The average molecular weight is 259 g/mol. The van der Waals surface area contributed by atoms with Gasteiger partial charge in [0.15, 0.2) is 0 Å². The molecule has 1 aromatic carbocycles. The second-order valence-corrected chi connectivity index (χ2v) is 4.02. The quantitative estimate of drug-likeness (QED) is 0.834. The topological polar surface area (TPSA) is 30.8 Å². The molecule has 6 heteroatoms. The fourth-order valence-electron chi connectivity index (χ4n) is 1.75. The van der Waals surface area contributed by atoms with Crippen LogP contribution in [0.2, 0.25) is 0 Å². The molecule has 98 valence electrons. The third kappa shape index (κ3) is 3.15. The molecule has 0 fully saturated rings. The van der Waals surface area contributed by atoms with Crippen LogP contribution in [0.5, 0.6) is 5.75 Å². The Morgan fingerprint density at radius 1 is 1.33 bits per heavy atom. The molecule has 0 aliphatic carbocycles.